The molecule has 0 aliphatic rings. The molecule has 0 aliphatic heterocycles. The fraction of sp³-hybridized carbons (Fsp3) is 0.400. The lowest BCUT2D eigenvalue weighted by Crippen LogP contribution is -2.16. The Balaban J connectivity index is 2.90. The Kier molecular flexibility index (Phi) is 4.61. The molecule has 6 heteroatoms. The van der Waals surface area contributed by atoms with Crippen molar-refractivity contribution in [2.24, 2.45) is 0 Å². The number of methoxy groups -OCH3 is 1. The Morgan fingerprint density at radius 3 is 2.69 bits per heavy atom. The minimum atomic E-state index is -3.24. The molecule has 0 heterocycles. The minimum Gasteiger partial charge on any atom is -0.495 e. The zero-order chi connectivity index (χ0) is 12.2. The molecule has 0 amide bonds. The van der Waals surface area contributed by atoms with Crippen molar-refractivity contribution < 1.29 is 13.2 Å². The van der Waals surface area contributed by atoms with Crippen molar-refractivity contribution >= 4 is 31.6 Å². The second-order valence-electron chi connectivity index (χ2n) is 3.27. The maximum absolute atomic E-state index is 11.5. The summed E-state index contributed by atoms with van der Waals surface area (Å²) in [5.41, 5.74) is 0.508. The predicted molar refractivity (Wildman–Crippen MR) is 68.4 cm³/mol. The Morgan fingerprint density at radius 2 is 2.12 bits per heavy atom. The van der Waals surface area contributed by atoms with Crippen molar-refractivity contribution in [1.29, 1.82) is 0 Å². The van der Waals surface area contributed by atoms with E-state index in [1.165, 1.54) is 7.11 Å². The third-order valence-corrected chi connectivity index (χ3v) is 4.04. The van der Waals surface area contributed by atoms with Gasteiger partial charge >= 0.3 is 0 Å². The first-order valence-corrected chi connectivity index (χ1v) is 7.27. The van der Waals surface area contributed by atoms with Gasteiger partial charge in [0.1, 0.15) is 5.75 Å². The van der Waals surface area contributed by atoms with Crippen LogP contribution in [0.3, 0.4) is 0 Å². The van der Waals surface area contributed by atoms with E-state index in [0.29, 0.717) is 17.9 Å². The molecule has 0 radical (unpaired) electrons. The molecule has 0 aliphatic carbocycles. The van der Waals surface area contributed by atoms with Gasteiger partial charge in [0.05, 0.1) is 23.0 Å². The largest absolute Gasteiger partial charge is 0.495 e. The van der Waals surface area contributed by atoms with Crippen molar-refractivity contribution in [3.63, 3.8) is 0 Å². The number of hydrogen-bond acceptors (Lipinski definition) is 3. The first kappa shape index (κ1) is 13.3. The molecule has 4 nitrogen and oxygen atoms in total. The quantitative estimate of drug-likeness (QED) is 0.909. The van der Waals surface area contributed by atoms with Crippen molar-refractivity contribution in [2.75, 3.05) is 17.6 Å². The third kappa shape index (κ3) is 3.68. The fourth-order valence-corrected chi connectivity index (χ4v) is 2.76. The van der Waals surface area contributed by atoms with E-state index in [9.17, 15) is 8.42 Å². The highest BCUT2D eigenvalue weighted by Gasteiger charge is 2.10. The van der Waals surface area contributed by atoms with Gasteiger partial charge in [-0.05, 0) is 34.5 Å². The summed E-state index contributed by atoms with van der Waals surface area (Å²) in [6, 6.07) is 5.06. The van der Waals surface area contributed by atoms with Gasteiger partial charge in [-0.25, -0.2) is 8.42 Å². The van der Waals surface area contributed by atoms with Crippen LogP contribution in [0.5, 0.6) is 5.75 Å². The molecule has 0 atom stereocenters. The van der Waals surface area contributed by atoms with Gasteiger partial charge in [0.2, 0.25) is 10.0 Å². The smallest absolute Gasteiger partial charge is 0.232 e. The van der Waals surface area contributed by atoms with Crippen molar-refractivity contribution in [3.05, 3.63) is 22.7 Å². The summed E-state index contributed by atoms with van der Waals surface area (Å²) in [6.07, 6.45) is 0.586. The van der Waals surface area contributed by atoms with Gasteiger partial charge in [-0.2, -0.15) is 0 Å². The molecule has 1 N–H and O–H groups in total. The average Bonchev–Trinajstić information content (AvgIpc) is 2.20. The molecule has 1 rings (SSSR count). The topological polar surface area (TPSA) is 55.4 Å². The Labute approximate surface area is 104 Å². The molecule has 0 saturated heterocycles. The van der Waals surface area contributed by atoms with Crippen LogP contribution in [-0.4, -0.2) is 21.3 Å². The van der Waals surface area contributed by atoms with Gasteiger partial charge in [0.15, 0.2) is 0 Å². The van der Waals surface area contributed by atoms with E-state index in [-0.39, 0.29) is 5.75 Å². The second kappa shape index (κ2) is 5.54. The first-order valence-electron chi connectivity index (χ1n) is 4.82. The number of hydrogen-bond donors (Lipinski definition) is 1. The highest BCUT2D eigenvalue weighted by molar-refractivity contribution is 9.10. The summed E-state index contributed by atoms with van der Waals surface area (Å²) in [4.78, 5) is 0. The van der Waals surface area contributed by atoms with Gasteiger partial charge in [-0.3, -0.25) is 4.72 Å². The summed E-state index contributed by atoms with van der Waals surface area (Å²) in [6.45, 7) is 1.82. The highest BCUT2D eigenvalue weighted by atomic mass is 79.9. The van der Waals surface area contributed by atoms with E-state index < -0.39 is 10.0 Å². The lowest BCUT2D eigenvalue weighted by molar-refractivity contribution is 0.412. The van der Waals surface area contributed by atoms with Crippen LogP contribution >= 0.6 is 15.9 Å². The predicted octanol–water partition coefficient (Wildman–Crippen LogP) is 2.61. The number of benzene rings is 1. The van der Waals surface area contributed by atoms with Crippen LogP contribution in [0, 0.1) is 0 Å². The van der Waals surface area contributed by atoms with E-state index in [1.54, 1.807) is 18.2 Å². The van der Waals surface area contributed by atoms with Crippen LogP contribution in [-0.2, 0) is 10.0 Å². The van der Waals surface area contributed by atoms with Crippen LogP contribution < -0.4 is 9.46 Å². The van der Waals surface area contributed by atoms with E-state index in [1.807, 2.05) is 6.92 Å². The Morgan fingerprint density at radius 1 is 1.44 bits per heavy atom. The lowest BCUT2D eigenvalue weighted by Gasteiger charge is -2.09. The fourth-order valence-electron chi connectivity index (χ4n) is 1.22. The SMILES string of the molecule is CCCS(=O)(=O)Nc1ccc(Br)c(OC)c1. The van der Waals surface area contributed by atoms with E-state index in [4.69, 9.17) is 4.74 Å². The van der Waals surface area contributed by atoms with Gasteiger partial charge in [-0.15, -0.1) is 0 Å². The summed E-state index contributed by atoms with van der Waals surface area (Å²) >= 11 is 3.30. The van der Waals surface area contributed by atoms with Crippen LogP contribution in [0.4, 0.5) is 5.69 Å². The third-order valence-electron chi connectivity index (χ3n) is 1.90. The van der Waals surface area contributed by atoms with Crippen molar-refractivity contribution in [3.8, 4) is 5.75 Å². The zero-order valence-electron chi connectivity index (χ0n) is 9.16. The highest BCUT2D eigenvalue weighted by Crippen LogP contribution is 2.28. The Bertz CT molecular complexity index is 459. The molecule has 0 unspecified atom stereocenters. The number of sulfonamides is 1. The molecule has 16 heavy (non-hydrogen) atoms. The maximum atomic E-state index is 11.5. The number of ether oxygens (including phenoxy) is 1. The van der Waals surface area contributed by atoms with Gasteiger partial charge < -0.3 is 4.74 Å². The molecule has 0 saturated carbocycles. The molecule has 90 valence electrons. The molecule has 0 aromatic heterocycles. The molecular formula is C10H14BrNO3S. The van der Waals surface area contributed by atoms with E-state index in [0.717, 1.165) is 4.47 Å². The van der Waals surface area contributed by atoms with Crippen LogP contribution in [0.15, 0.2) is 22.7 Å². The van der Waals surface area contributed by atoms with Crippen molar-refractivity contribution in [1.82, 2.24) is 0 Å². The van der Waals surface area contributed by atoms with E-state index in [2.05, 4.69) is 20.7 Å². The molecule has 0 spiro atoms. The summed E-state index contributed by atoms with van der Waals surface area (Å²) < 4.78 is 31.4. The molecule has 1 aromatic rings. The van der Waals surface area contributed by atoms with E-state index >= 15 is 0 Å². The number of halogens is 1. The monoisotopic (exact) mass is 307 g/mol. The molecule has 0 fully saturated rings. The standard InChI is InChI=1S/C10H14BrNO3S/c1-3-6-16(13,14)12-8-4-5-9(11)10(7-8)15-2/h4-5,7,12H,3,6H2,1-2H3. The number of anilines is 1. The second-order valence-corrected chi connectivity index (χ2v) is 5.97. The van der Waals surface area contributed by atoms with Gasteiger partial charge in [-0.1, -0.05) is 6.92 Å². The number of rotatable bonds is 5. The maximum Gasteiger partial charge on any atom is 0.232 e. The molecule has 0 bridgehead atoms. The normalized spacial score (nSPS) is 11.2. The average molecular weight is 308 g/mol. The summed E-state index contributed by atoms with van der Waals surface area (Å²) in [5.74, 6) is 0.711. The molecular weight excluding hydrogens is 294 g/mol. The summed E-state index contributed by atoms with van der Waals surface area (Å²) in [7, 11) is -1.71. The van der Waals surface area contributed by atoms with Gasteiger partial charge in [0.25, 0.3) is 0 Å². The van der Waals surface area contributed by atoms with Crippen molar-refractivity contribution in [2.45, 2.75) is 13.3 Å². The minimum absolute atomic E-state index is 0.116. The number of nitrogens with one attached hydrogen (secondary N) is 1. The lowest BCUT2D eigenvalue weighted by atomic mass is 10.3. The van der Waals surface area contributed by atoms with Crippen LogP contribution in [0.1, 0.15) is 13.3 Å². The zero-order valence-corrected chi connectivity index (χ0v) is 11.6. The first-order chi connectivity index (χ1) is 7.48. The Hall–Kier alpha value is -0.750. The molecule has 1 aromatic carbocycles. The summed E-state index contributed by atoms with van der Waals surface area (Å²) in [5, 5.41) is 0. The van der Waals surface area contributed by atoms with Gasteiger partial charge in [0, 0.05) is 6.07 Å². The van der Waals surface area contributed by atoms with Crippen LogP contribution in [0.2, 0.25) is 0 Å². The van der Waals surface area contributed by atoms with Crippen LogP contribution in [0.25, 0.3) is 0 Å².